The minimum Gasteiger partial charge on any atom is -0.466 e. The van der Waals surface area contributed by atoms with Crippen LogP contribution in [0.2, 0.25) is 0 Å². The van der Waals surface area contributed by atoms with Crippen molar-refractivity contribution < 1.29 is 14.4 Å². The van der Waals surface area contributed by atoms with E-state index in [1.165, 1.54) is 21.6 Å². The number of likely N-dealkylation sites (tertiary alicyclic amines) is 1. The Hall–Kier alpha value is -1.35. The molecule has 0 spiro atoms. The van der Waals surface area contributed by atoms with Crippen molar-refractivity contribution in [2.45, 2.75) is 40.2 Å². The van der Waals surface area contributed by atoms with E-state index >= 15 is 0 Å². The summed E-state index contributed by atoms with van der Waals surface area (Å²) in [6.45, 7) is 9.75. The number of esters is 1. The Kier molecular flexibility index (Phi) is 5.18. The van der Waals surface area contributed by atoms with E-state index in [9.17, 15) is 4.79 Å². The SMILES string of the molecule is CCOC(=O)[C@H]1CCC[NH+](Cc2cc(C)ccc2C)C1. The van der Waals surface area contributed by atoms with Gasteiger partial charge in [-0.15, -0.1) is 0 Å². The van der Waals surface area contributed by atoms with Crippen LogP contribution in [0.5, 0.6) is 0 Å². The van der Waals surface area contributed by atoms with Gasteiger partial charge in [-0.25, -0.2) is 0 Å². The summed E-state index contributed by atoms with van der Waals surface area (Å²) in [6.07, 6.45) is 2.10. The highest BCUT2D eigenvalue weighted by Crippen LogP contribution is 2.12. The van der Waals surface area contributed by atoms with Crippen LogP contribution in [0.1, 0.15) is 36.5 Å². The Morgan fingerprint density at radius 1 is 1.40 bits per heavy atom. The van der Waals surface area contributed by atoms with Gasteiger partial charge in [0.2, 0.25) is 0 Å². The van der Waals surface area contributed by atoms with E-state index in [-0.39, 0.29) is 11.9 Å². The molecule has 2 atom stereocenters. The molecule has 0 saturated carbocycles. The third-order valence-corrected chi connectivity index (χ3v) is 4.18. The van der Waals surface area contributed by atoms with Gasteiger partial charge >= 0.3 is 5.97 Å². The largest absolute Gasteiger partial charge is 0.466 e. The standard InChI is InChI=1S/C17H25NO2/c1-4-20-17(19)15-6-5-9-18(11-15)12-16-10-13(2)7-8-14(16)3/h7-8,10,15H,4-6,9,11-12H2,1-3H3/p+1/t15-/m0/s1. The van der Waals surface area contributed by atoms with Gasteiger partial charge in [-0.1, -0.05) is 23.8 Å². The Morgan fingerprint density at radius 3 is 2.95 bits per heavy atom. The van der Waals surface area contributed by atoms with Crippen molar-refractivity contribution in [1.29, 1.82) is 0 Å². The van der Waals surface area contributed by atoms with E-state index in [0.29, 0.717) is 6.61 Å². The number of hydrogen-bond donors (Lipinski definition) is 1. The molecule has 2 rings (SSSR count). The lowest BCUT2D eigenvalue weighted by atomic mass is 9.97. The van der Waals surface area contributed by atoms with E-state index in [1.807, 2.05) is 6.92 Å². The Morgan fingerprint density at radius 2 is 2.20 bits per heavy atom. The summed E-state index contributed by atoms with van der Waals surface area (Å²) >= 11 is 0. The highest BCUT2D eigenvalue weighted by Gasteiger charge is 2.29. The van der Waals surface area contributed by atoms with Crippen LogP contribution < -0.4 is 4.90 Å². The van der Waals surface area contributed by atoms with Crippen LogP contribution >= 0.6 is 0 Å². The summed E-state index contributed by atoms with van der Waals surface area (Å²) < 4.78 is 5.17. The van der Waals surface area contributed by atoms with Crippen molar-refractivity contribution >= 4 is 5.97 Å². The fourth-order valence-electron chi connectivity index (χ4n) is 3.03. The first kappa shape index (κ1) is 15.0. The number of nitrogens with one attached hydrogen (secondary N) is 1. The zero-order valence-corrected chi connectivity index (χ0v) is 12.9. The maximum atomic E-state index is 11.9. The van der Waals surface area contributed by atoms with Crippen LogP contribution in [0, 0.1) is 19.8 Å². The third kappa shape index (κ3) is 3.83. The summed E-state index contributed by atoms with van der Waals surface area (Å²) in [5, 5.41) is 0. The highest BCUT2D eigenvalue weighted by atomic mass is 16.5. The molecule has 1 N–H and O–H groups in total. The number of carbonyl (C=O) groups is 1. The Bertz CT molecular complexity index is 470. The average Bonchev–Trinajstić information content (AvgIpc) is 2.43. The fraction of sp³-hybridized carbons (Fsp3) is 0.588. The van der Waals surface area contributed by atoms with Crippen molar-refractivity contribution in [2.75, 3.05) is 19.7 Å². The lowest BCUT2D eigenvalue weighted by Gasteiger charge is -2.29. The van der Waals surface area contributed by atoms with E-state index in [2.05, 4.69) is 32.0 Å². The second kappa shape index (κ2) is 6.89. The molecule has 20 heavy (non-hydrogen) atoms. The molecule has 1 aliphatic heterocycles. The van der Waals surface area contributed by atoms with Gasteiger partial charge in [0.25, 0.3) is 0 Å². The monoisotopic (exact) mass is 276 g/mol. The van der Waals surface area contributed by atoms with Crippen molar-refractivity contribution in [3.63, 3.8) is 0 Å². The molecule has 3 heteroatoms. The van der Waals surface area contributed by atoms with Crippen LogP contribution in [-0.2, 0) is 16.1 Å². The zero-order chi connectivity index (χ0) is 14.5. The van der Waals surface area contributed by atoms with Gasteiger partial charge in [-0.2, -0.15) is 0 Å². The quantitative estimate of drug-likeness (QED) is 0.848. The molecule has 1 saturated heterocycles. The van der Waals surface area contributed by atoms with Gasteiger partial charge in [0.15, 0.2) is 0 Å². The van der Waals surface area contributed by atoms with E-state index in [4.69, 9.17) is 4.74 Å². The third-order valence-electron chi connectivity index (χ3n) is 4.18. The molecule has 1 aromatic rings. The van der Waals surface area contributed by atoms with E-state index in [1.54, 1.807) is 0 Å². The van der Waals surface area contributed by atoms with Crippen LogP contribution in [0.3, 0.4) is 0 Å². The number of rotatable bonds is 4. The van der Waals surface area contributed by atoms with Crippen LogP contribution in [0.15, 0.2) is 18.2 Å². The zero-order valence-electron chi connectivity index (χ0n) is 12.9. The maximum absolute atomic E-state index is 11.9. The average molecular weight is 276 g/mol. The van der Waals surface area contributed by atoms with Gasteiger partial charge in [0, 0.05) is 5.56 Å². The molecule has 0 radical (unpaired) electrons. The lowest BCUT2D eigenvalue weighted by Crippen LogP contribution is -3.12. The minimum absolute atomic E-state index is 0.00864. The first-order valence-electron chi connectivity index (χ1n) is 7.66. The predicted molar refractivity (Wildman–Crippen MR) is 79.7 cm³/mol. The molecule has 0 aromatic heterocycles. The minimum atomic E-state index is -0.00864. The van der Waals surface area contributed by atoms with Crippen molar-refractivity contribution in [2.24, 2.45) is 5.92 Å². The molecule has 1 aromatic carbocycles. The molecule has 1 aliphatic rings. The van der Waals surface area contributed by atoms with Crippen molar-refractivity contribution in [1.82, 2.24) is 0 Å². The van der Waals surface area contributed by atoms with Crippen molar-refractivity contribution in [3.8, 4) is 0 Å². The molecule has 1 heterocycles. The van der Waals surface area contributed by atoms with E-state index in [0.717, 1.165) is 32.5 Å². The van der Waals surface area contributed by atoms with Crippen molar-refractivity contribution in [3.05, 3.63) is 34.9 Å². The highest BCUT2D eigenvalue weighted by molar-refractivity contribution is 5.72. The number of ether oxygens (including phenoxy) is 1. The van der Waals surface area contributed by atoms with E-state index < -0.39 is 0 Å². The Balaban J connectivity index is 1.99. The first-order valence-corrected chi connectivity index (χ1v) is 7.66. The second-order valence-corrected chi connectivity index (χ2v) is 5.90. The summed E-state index contributed by atoms with van der Waals surface area (Å²) in [7, 11) is 0. The lowest BCUT2D eigenvalue weighted by molar-refractivity contribution is -0.921. The Labute approximate surface area is 121 Å². The second-order valence-electron chi connectivity index (χ2n) is 5.90. The van der Waals surface area contributed by atoms with Gasteiger partial charge in [-0.3, -0.25) is 4.79 Å². The number of piperidine rings is 1. The number of quaternary nitrogens is 1. The molecule has 1 unspecified atom stereocenters. The predicted octanol–water partition coefficient (Wildman–Crippen LogP) is 1.66. The molecular formula is C17H26NO2+. The molecule has 3 nitrogen and oxygen atoms in total. The van der Waals surface area contributed by atoms with Crippen LogP contribution in [-0.4, -0.2) is 25.7 Å². The molecule has 1 fully saturated rings. The molecule has 0 amide bonds. The molecule has 110 valence electrons. The van der Waals surface area contributed by atoms with Gasteiger partial charge in [-0.05, 0) is 39.2 Å². The fourth-order valence-corrected chi connectivity index (χ4v) is 3.03. The summed E-state index contributed by atoms with van der Waals surface area (Å²) in [4.78, 5) is 13.4. The first-order chi connectivity index (χ1) is 9.60. The maximum Gasteiger partial charge on any atom is 0.314 e. The molecule has 0 aliphatic carbocycles. The summed E-state index contributed by atoms with van der Waals surface area (Å²) in [5.41, 5.74) is 4.06. The van der Waals surface area contributed by atoms with Gasteiger partial charge < -0.3 is 9.64 Å². The normalized spacial score (nSPS) is 22.6. The van der Waals surface area contributed by atoms with Crippen LogP contribution in [0.4, 0.5) is 0 Å². The van der Waals surface area contributed by atoms with Crippen LogP contribution in [0.25, 0.3) is 0 Å². The number of aryl methyl sites for hydroxylation is 2. The number of carbonyl (C=O) groups excluding carboxylic acids is 1. The molecular weight excluding hydrogens is 250 g/mol. The van der Waals surface area contributed by atoms with Gasteiger partial charge in [0.1, 0.15) is 12.5 Å². The van der Waals surface area contributed by atoms with Gasteiger partial charge in [0.05, 0.1) is 19.7 Å². The number of benzene rings is 1. The number of hydrogen-bond acceptors (Lipinski definition) is 2. The summed E-state index contributed by atoms with van der Waals surface area (Å²) in [6, 6.07) is 6.62. The summed E-state index contributed by atoms with van der Waals surface area (Å²) in [5.74, 6) is 0.0782. The topological polar surface area (TPSA) is 30.7 Å². The molecule has 0 bridgehead atoms. The smallest absolute Gasteiger partial charge is 0.314 e.